The van der Waals surface area contributed by atoms with Gasteiger partial charge in [-0.1, -0.05) is 63.3 Å². The van der Waals surface area contributed by atoms with Crippen LogP contribution in [0.15, 0.2) is 79.0 Å². The number of carbonyl (C=O) groups excluding carboxylic acids is 7. The third-order valence-corrected chi connectivity index (χ3v) is 21.5. The summed E-state index contributed by atoms with van der Waals surface area (Å²) in [6.45, 7) is 13.6. The molecule has 8 amide bonds. The van der Waals surface area contributed by atoms with Crippen molar-refractivity contribution in [2.45, 2.75) is 163 Å². The van der Waals surface area contributed by atoms with Crippen LogP contribution in [-0.2, 0) is 53.0 Å². The fourth-order valence-corrected chi connectivity index (χ4v) is 18.0. The molecule has 102 heavy (non-hydrogen) atoms. The van der Waals surface area contributed by atoms with Gasteiger partial charge in [-0.15, -0.1) is 10.2 Å². The lowest BCUT2D eigenvalue weighted by Gasteiger charge is -2.70. The Labute approximate surface area is 596 Å². The molecule has 12 rings (SSSR count). The lowest BCUT2D eigenvalue weighted by molar-refractivity contribution is -0.198. The van der Waals surface area contributed by atoms with Crippen molar-refractivity contribution in [1.29, 1.82) is 0 Å². The molecule has 4 saturated carbocycles. The smallest absolute Gasteiger partial charge is 0.410 e. The zero-order valence-electron chi connectivity index (χ0n) is 58.7. The number of hydrogen-bond acceptors (Lipinski definition) is 20. The molecule has 4 fully saturated rings. The third kappa shape index (κ3) is 17.4. The molecule has 4 bridgehead atoms. The zero-order chi connectivity index (χ0) is 72.7. The summed E-state index contributed by atoms with van der Waals surface area (Å²) in [5, 5.41) is 60.2. The van der Waals surface area contributed by atoms with Crippen LogP contribution in [-0.4, -0.2) is 173 Å². The Morgan fingerprint density at radius 3 is 2.26 bits per heavy atom. The van der Waals surface area contributed by atoms with Crippen molar-refractivity contribution in [1.82, 2.24) is 55.7 Å². The molecule has 28 nitrogen and oxygen atoms in total. The Hall–Kier alpha value is -9.45. The van der Waals surface area contributed by atoms with E-state index in [0.29, 0.717) is 65.9 Å². The minimum atomic E-state index is -1.15. The number of aliphatic hydroxyl groups excluding tert-OH is 2. The molecule has 0 radical (unpaired) electrons. The van der Waals surface area contributed by atoms with Gasteiger partial charge in [-0.2, -0.15) is 5.10 Å². The first-order valence-corrected chi connectivity index (χ1v) is 35.9. The molecule has 6 heterocycles. The number of para-hydroxylation sites is 1. The van der Waals surface area contributed by atoms with Crippen LogP contribution in [0.1, 0.15) is 144 Å². The SMILES string of the molecule is Cc1c(Nc2nc3ccccc3s2)nnc2c1CCCN2c1ccc(-c2cnn(CC34CC5(CCCN(CC[C@H](O)CO)C(=O)OCc6ccc(NC(=O)[C@H](CCCNC(N)=O)NC(=O)[C@@H](NC(=O)CCOCCN7C(=O)C=CC7=O)C(C)C)cc6)C[C@@](C)(C3)C[C@](C)(C5)C4)c2C)c(C(=O)O)n1. The van der Waals surface area contributed by atoms with E-state index >= 15 is 0 Å². The van der Waals surface area contributed by atoms with Gasteiger partial charge < -0.3 is 66.9 Å². The molecule has 7 atom stereocenters. The van der Waals surface area contributed by atoms with Gasteiger partial charge in [0.25, 0.3) is 11.8 Å². The number of thiazole rings is 1. The number of pyridine rings is 1. The number of primary amides is 1. The summed E-state index contributed by atoms with van der Waals surface area (Å²) in [5.74, 6) is -2.39. The average molecular weight is 1420 g/mol. The van der Waals surface area contributed by atoms with Crippen LogP contribution in [0.5, 0.6) is 0 Å². The first-order valence-electron chi connectivity index (χ1n) is 35.1. The second kappa shape index (κ2) is 31.4. The lowest BCUT2D eigenvalue weighted by Crippen LogP contribution is -2.60. The van der Waals surface area contributed by atoms with E-state index in [0.717, 1.165) is 94.9 Å². The number of urea groups is 1. The number of aromatic nitrogens is 6. The van der Waals surface area contributed by atoms with Crippen molar-refractivity contribution in [2.75, 3.05) is 68.1 Å². The number of carbonyl (C=O) groups is 8. The first kappa shape index (κ1) is 73.8. The summed E-state index contributed by atoms with van der Waals surface area (Å²) in [4.78, 5) is 117. The number of ether oxygens (including phenoxy) is 2. The number of carboxylic acid groups (broad SMARTS) is 1. The van der Waals surface area contributed by atoms with Gasteiger partial charge >= 0.3 is 18.1 Å². The van der Waals surface area contributed by atoms with Gasteiger partial charge in [-0.05, 0) is 167 Å². The second-order valence-corrected chi connectivity index (χ2v) is 30.5. The lowest BCUT2D eigenvalue weighted by atomic mass is 9.35. The number of amides is 8. The molecule has 2 aromatic carbocycles. The first-order chi connectivity index (χ1) is 48.7. The second-order valence-electron chi connectivity index (χ2n) is 29.5. The van der Waals surface area contributed by atoms with E-state index < -0.39 is 78.3 Å². The van der Waals surface area contributed by atoms with Gasteiger partial charge in [-0.25, -0.2) is 24.4 Å². The number of nitrogens with one attached hydrogen (secondary N) is 5. The van der Waals surface area contributed by atoms with E-state index in [1.54, 1.807) is 60.5 Å². The summed E-state index contributed by atoms with van der Waals surface area (Å²) in [7, 11) is 0. The van der Waals surface area contributed by atoms with Gasteiger partial charge in [0.2, 0.25) is 17.7 Å². The topological polar surface area (TPSA) is 381 Å². The number of benzene rings is 2. The summed E-state index contributed by atoms with van der Waals surface area (Å²) >= 11 is 1.54. The van der Waals surface area contributed by atoms with E-state index in [4.69, 9.17) is 30.3 Å². The van der Waals surface area contributed by atoms with Gasteiger partial charge in [0.1, 0.15) is 24.5 Å². The largest absolute Gasteiger partial charge is 0.476 e. The molecule has 10 N–H and O–H groups in total. The van der Waals surface area contributed by atoms with E-state index in [9.17, 15) is 53.7 Å². The van der Waals surface area contributed by atoms with Crippen LogP contribution < -0.4 is 37.2 Å². The average Bonchev–Trinajstić information content (AvgIpc) is 0.758. The standard InChI is InChI=1S/C73H93N15O13S/c1-44(2)60(81-57(91)25-32-100-33-31-87-58(92)22-23-59(87)93)65(95)78-54(14-9-27-75-67(74)98)64(94)77-48-18-16-47(17-19-48)36-101-69(99)85(30-24-49(90)35-89)28-11-26-72-38-70(5)37-71(6,39-72)41-73(40-70,42-72)43-88-46(4)52(34-76-88)51-20-21-56(80-61(51)66(96)97)86-29-10-12-50-45(3)62(83-84-63(50)86)82-68-79-53-13-7-8-15-55(53)102-68/h7-8,13,15-23,34,44,49,54,60,89-90H,9-12,14,24-33,35-43H2,1-6H3,(H,77,94)(H,78,95)(H,81,91)(H,96,97)(H3,74,75,98)(H,79,82,83)/t49-,54-,60-,70-,71+,72?,73?/m0/s1. The Kier molecular flexibility index (Phi) is 22.7. The Morgan fingerprint density at radius 1 is 0.824 bits per heavy atom. The normalized spacial score (nSPS) is 21.2. The van der Waals surface area contributed by atoms with Crippen molar-refractivity contribution in [2.24, 2.45) is 33.3 Å². The van der Waals surface area contributed by atoms with E-state index in [2.05, 4.69) is 55.3 Å². The number of anilines is 5. The number of nitrogens with zero attached hydrogens (tertiary/aromatic N) is 9. The molecule has 4 aromatic heterocycles. The molecule has 4 aliphatic carbocycles. The molecule has 2 aliphatic heterocycles. The van der Waals surface area contributed by atoms with Gasteiger partial charge in [0.05, 0.1) is 48.9 Å². The van der Waals surface area contributed by atoms with E-state index in [1.807, 2.05) is 55.1 Å². The minimum absolute atomic E-state index is 0.0161. The van der Waals surface area contributed by atoms with E-state index in [-0.39, 0.29) is 92.5 Å². The van der Waals surface area contributed by atoms with Crippen LogP contribution in [0.4, 0.5) is 37.9 Å². The van der Waals surface area contributed by atoms with E-state index in [1.165, 1.54) is 12.2 Å². The highest BCUT2D eigenvalue weighted by Crippen LogP contribution is 2.75. The quantitative estimate of drug-likeness (QED) is 0.0138. The predicted molar refractivity (Wildman–Crippen MR) is 382 cm³/mol. The third-order valence-electron chi connectivity index (χ3n) is 20.6. The number of aliphatic hydroxyl groups is 2. The number of imide groups is 1. The van der Waals surface area contributed by atoms with Gasteiger partial charge in [0, 0.05) is 84.9 Å². The van der Waals surface area contributed by atoms with Crippen LogP contribution >= 0.6 is 11.3 Å². The van der Waals surface area contributed by atoms with Gasteiger partial charge in [0.15, 0.2) is 22.5 Å². The van der Waals surface area contributed by atoms with Crippen molar-refractivity contribution in [3.8, 4) is 11.1 Å². The summed E-state index contributed by atoms with van der Waals surface area (Å²) in [5.41, 5.74) is 11.1. The highest BCUT2D eigenvalue weighted by molar-refractivity contribution is 7.22. The van der Waals surface area contributed by atoms with Crippen molar-refractivity contribution in [3.05, 3.63) is 107 Å². The molecular formula is C73H93N15O13S. The number of rotatable bonds is 33. The van der Waals surface area contributed by atoms with Crippen LogP contribution in [0.3, 0.4) is 0 Å². The predicted octanol–water partition coefficient (Wildman–Crippen LogP) is 8.36. The molecule has 0 spiro atoms. The molecule has 544 valence electrons. The highest BCUT2D eigenvalue weighted by atomic mass is 32.1. The molecule has 0 saturated heterocycles. The molecule has 2 unspecified atom stereocenters. The van der Waals surface area contributed by atoms with Crippen LogP contribution in [0.25, 0.3) is 21.3 Å². The molecule has 6 aliphatic rings. The Balaban J connectivity index is 0.700. The Morgan fingerprint density at radius 2 is 1.56 bits per heavy atom. The number of hydrogen-bond donors (Lipinski definition) is 9. The maximum Gasteiger partial charge on any atom is 0.410 e. The Bertz CT molecular complexity index is 4090. The maximum atomic E-state index is 14.1. The molecule has 6 aromatic rings. The summed E-state index contributed by atoms with van der Waals surface area (Å²) < 4.78 is 14.5. The van der Waals surface area contributed by atoms with Crippen molar-refractivity contribution in [3.63, 3.8) is 0 Å². The fraction of sp³-hybridized carbons (Fsp3) is 0.521. The van der Waals surface area contributed by atoms with Crippen molar-refractivity contribution < 1.29 is 63.1 Å². The number of carboxylic acids is 1. The highest BCUT2D eigenvalue weighted by Gasteiger charge is 2.65. The summed E-state index contributed by atoms with van der Waals surface area (Å²) in [6.07, 6.45) is 12.2. The number of aromatic carboxylic acids is 1. The van der Waals surface area contributed by atoms with Crippen LogP contribution in [0, 0.1) is 41.4 Å². The minimum Gasteiger partial charge on any atom is -0.476 e. The van der Waals surface area contributed by atoms with Crippen LogP contribution in [0.2, 0.25) is 0 Å². The fourth-order valence-electron chi connectivity index (χ4n) is 17.1. The monoisotopic (exact) mass is 1420 g/mol. The maximum absolute atomic E-state index is 14.1. The zero-order valence-corrected chi connectivity index (χ0v) is 59.5. The van der Waals surface area contributed by atoms with Gasteiger partial charge in [-0.3, -0.25) is 33.6 Å². The molecular weight excluding hydrogens is 1330 g/mol. The summed E-state index contributed by atoms with van der Waals surface area (Å²) in [6, 6.07) is 15.4. The number of nitrogens with two attached hydrogens (primary N) is 1. The molecule has 29 heteroatoms. The van der Waals surface area contributed by atoms with Crippen molar-refractivity contribution >= 4 is 97.5 Å². The number of fused-ring (bicyclic) bond motifs is 2.